The van der Waals surface area contributed by atoms with Gasteiger partial charge >= 0.3 is 12.0 Å². The predicted molar refractivity (Wildman–Crippen MR) is 76.5 cm³/mol. The van der Waals surface area contributed by atoms with Crippen LogP contribution in [0.5, 0.6) is 0 Å². The summed E-state index contributed by atoms with van der Waals surface area (Å²) in [7, 11) is 1.83. The summed E-state index contributed by atoms with van der Waals surface area (Å²) in [6.45, 7) is 1.31. The average Bonchev–Trinajstić information content (AvgIpc) is 2.84. The molecule has 20 heavy (non-hydrogen) atoms. The van der Waals surface area contributed by atoms with Crippen molar-refractivity contribution in [2.45, 2.75) is 51.4 Å². The number of carboxylic acids is 1. The zero-order valence-electron chi connectivity index (χ0n) is 12.4. The van der Waals surface area contributed by atoms with Crippen LogP contribution < -0.4 is 5.32 Å². The number of amides is 2. The van der Waals surface area contributed by atoms with Gasteiger partial charge < -0.3 is 15.3 Å². The van der Waals surface area contributed by atoms with Crippen molar-refractivity contribution >= 4 is 12.0 Å². The average molecular weight is 282 g/mol. The van der Waals surface area contributed by atoms with Gasteiger partial charge in [0.2, 0.25) is 0 Å². The first-order valence-electron chi connectivity index (χ1n) is 7.71. The number of carboxylic acid groups (broad SMARTS) is 1. The van der Waals surface area contributed by atoms with Gasteiger partial charge in [-0.25, -0.2) is 4.79 Å². The predicted octanol–water partition coefficient (Wildman–Crippen LogP) is 2.46. The van der Waals surface area contributed by atoms with Crippen molar-refractivity contribution in [3.63, 3.8) is 0 Å². The van der Waals surface area contributed by atoms with Crippen LogP contribution in [-0.4, -0.2) is 42.1 Å². The van der Waals surface area contributed by atoms with Crippen LogP contribution in [0.25, 0.3) is 0 Å². The molecule has 0 aliphatic heterocycles. The molecule has 0 heterocycles. The molecule has 0 saturated heterocycles. The van der Waals surface area contributed by atoms with Gasteiger partial charge in [-0.3, -0.25) is 4.79 Å². The van der Waals surface area contributed by atoms with Crippen molar-refractivity contribution < 1.29 is 14.7 Å². The SMILES string of the molecule is CN(CC1CCCC1)C(=O)NCC1(CC(=O)O)CCC1. The van der Waals surface area contributed by atoms with Crippen molar-refractivity contribution in [2.24, 2.45) is 11.3 Å². The van der Waals surface area contributed by atoms with Crippen LogP contribution >= 0.6 is 0 Å². The highest BCUT2D eigenvalue weighted by Crippen LogP contribution is 2.43. The van der Waals surface area contributed by atoms with E-state index in [1.54, 1.807) is 4.90 Å². The summed E-state index contributed by atoms with van der Waals surface area (Å²) in [5.74, 6) is -0.124. The second kappa shape index (κ2) is 6.46. The van der Waals surface area contributed by atoms with Crippen molar-refractivity contribution in [3.8, 4) is 0 Å². The topological polar surface area (TPSA) is 69.6 Å². The molecule has 114 valence electrons. The van der Waals surface area contributed by atoms with Gasteiger partial charge in [-0.05, 0) is 37.0 Å². The molecule has 2 fully saturated rings. The van der Waals surface area contributed by atoms with E-state index in [-0.39, 0.29) is 17.9 Å². The number of nitrogens with zero attached hydrogens (tertiary/aromatic N) is 1. The zero-order chi connectivity index (χ0) is 14.6. The molecule has 2 amide bonds. The Labute approximate surface area is 120 Å². The standard InChI is InChI=1S/C15H26N2O3/c1-17(10-12-5-2-3-6-12)14(20)16-11-15(7-4-8-15)9-13(18)19/h12H,2-11H2,1H3,(H,16,20)(H,18,19). The smallest absolute Gasteiger partial charge is 0.317 e. The minimum Gasteiger partial charge on any atom is -0.481 e. The van der Waals surface area contributed by atoms with E-state index in [1.165, 1.54) is 25.7 Å². The summed E-state index contributed by atoms with van der Waals surface area (Å²) in [5, 5.41) is 11.9. The van der Waals surface area contributed by atoms with Crippen LogP contribution in [0.3, 0.4) is 0 Å². The molecule has 0 spiro atoms. The molecule has 5 nitrogen and oxygen atoms in total. The van der Waals surface area contributed by atoms with E-state index in [9.17, 15) is 9.59 Å². The summed E-state index contributed by atoms with van der Waals surface area (Å²) in [6.07, 6.45) is 8.06. The third-order valence-electron chi connectivity index (χ3n) is 4.91. The maximum Gasteiger partial charge on any atom is 0.317 e. The Morgan fingerprint density at radius 1 is 1.25 bits per heavy atom. The van der Waals surface area contributed by atoms with Gasteiger partial charge in [-0.2, -0.15) is 0 Å². The molecule has 0 radical (unpaired) electrons. The number of hydrogen-bond acceptors (Lipinski definition) is 2. The highest BCUT2D eigenvalue weighted by Gasteiger charge is 2.39. The molecule has 2 aliphatic rings. The first-order chi connectivity index (χ1) is 9.51. The van der Waals surface area contributed by atoms with Crippen LogP contribution in [0.2, 0.25) is 0 Å². The Morgan fingerprint density at radius 3 is 2.40 bits per heavy atom. The van der Waals surface area contributed by atoms with E-state index in [0.717, 1.165) is 25.8 Å². The highest BCUT2D eigenvalue weighted by atomic mass is 16.4. The van der Waals surface area contributed by atoms with Gasteiger partial charge in [0.15, 0.2) is 0 Å². The quantitative estimate of drug-likeness (QED) is 0.786. The maximum atomic E-state index is 12.1. The van der Waals surface area contributed by atoms with Crippen molar-refractivity contribution in [3.05, 3.63) is 0 Å². The van der Waals surface area contributed by atoms with Gasteiger partial charge in [-0.15, -0.1) is 0 Å². The van der Waals surface area contributed by atoms with Gasteiger partial charge in [-0.1, -0.05) is 19.3 Å². The van der Waals surface area contributed by atoms with E-state index in [2.05, 4.69) is 5.32 Å². The Balaban J connectivity index is 1.74. The second-order valence-electron chi connectivity index (χ2n) is 6.61. The number of rotatable bonds is 6. The minimum absolute atomic E-state index is 0.0615. The summed E-state index contributed by atoms with van der Waals surface area (Å²) in [4.78, 5) is 24.7. The van der Waals surface area contributed by atoms with E-state index < -0.39 is 5.97 Å². The molecular formula is C15H26N2O3. The molecule has 2 aliphatic carbocycles. The molecule has 2 saturated carbocycles. The number of nitrogens with one attached hydrogen (secondary N) is 1. The molecule has 2 rings (SSSR count). The Hall–Kier alpha value is -1.26. The minimum atomic E-state index is -0.766. The lowest BCUT2D eigenvalue weighted by Crippen LogP contribution is -2.47. The normalized spacial score (nSPS) is 21.2. The fourth-order valence-electron chi connectivity index (χ4n) is 3.47. The first-order valence-corrected chi connectivity index (χ1v) is 7.71. The molecular weight excluding hydrogens is 256 g/mol. The number of hydrogen-bond donors (Lipinski definition) is 2. The van der Waals surface area contributed by atoms with Gasteiger partial charge in [0.1, 0.15) is 0 Å². The number of urea groups is 1. The number of aliphatic carboxylic acids is 1. The van der Waals surface area contributed by atoms with Crippen LogP contribution in [0.1, 0.15) is 51.4 Å². The molecule has 0 aromatic heterocycles. The Bertz CT molecular complexity index is 360. The molecule has 0 bridgehead atoms. The van der Waals surface area contributed by atoms with Crippen LogP contribution in [0, 0.1) is 11.3 Å². The molecule has 0 atom stereocenters. The first kappa shape index (κ1) is 15.1. The Kier molecular flexibility index (Phi) is 4.89. The molecule has 0 unspecified atom stereocenters. The lowest BCUT2D eigenvalue weighted by Gasteiger charge is -2.41. The number of carbonyl (C=O) groups is 2. The highest BCUT2D eigenvalue weighted by molar-refractivity contribution is 5.74. The summed E-state index contributed by atoms with van der Waals surface area (Å²) >= 11 is 0. The van der Waals surface area contributed by atoms with Crippen LogP contribution in [0.15, 0.2) is 0 Å². The van der Waals surface area contributed by atoms with E-state index in [1.807, 2.05) is 7.05 Å². The van der Waals surface area contributed by atoms with Crippen LogP contribution in [0.4, 0.5) is 4.79 Å². The summed E-state index contributed by atoms with van der Waals surface area (Å²) in [6, 6.07) is -0.0615. The van der Waals surface area contributed by atoms with Gasteiger partial charge in [0.25, 0.3) is 0 Å². The molecule has 2 N–H and O–H groups in total. The maximum absolute atomic E-state index is 12.1. The molecule has 0 aromatic rings. The third kappa shape index (κ3) is 3.87. The molecule has 5 heteroatoms. The van der Waals surface area contributed by atoms with Crippen molar-refractivity contribution in [1.29, 1.82) is 0 Å². The fraction of sp³-hybridized carbons (Fsp3) is 0.867. The van der Waals surface area contributed by atoms with E-state index in [0.29, 0.717) is 12.5 Å². The fourth-order valence-corrected chi connectivity index (χ4v) is 3.47. The number of carbonyl (C=O) groups excluding carboxylic acids is 1. The van der Waals surface area contributed by atoms with Gasteiger partial charge in [0.05, 0.1) is 6.42 Å². The third-order valence-corrected chi connectivity index (χ3v) is 4.91. The van der Waals surface area contributed by atoms with Crippen molar-refractivity contribution in [2.75, 3.05) is 20.1 Å². The van der Waals surface area contributed by atoms with Crippen molar-refractivity contribution in [1.82, 2.24) is 10.2 Å². The lowest BCUT2D eigenvalue weighted by molar-refractivity contribution is -0.141. The van der Waals surface area contributed by atoms with E-state index >= 15 is 0 Å². The van der Waals surface area contributed by atoms with Crippen LogP contribution in [-0.2, 0) is 4.79 Å². The summed E-state index contributed by atoms with van der Waals surface area (Å²) in [5.41, 5.74) is -0.199. The molecule has 0 aromatic carbocycles. The zero-order valence-corrected chi connectivity index (χ0v) is 12.4. The summed E-state index contributed by atoms with van der Waals surface area (Å²) < 4.78 is 0. The Morgan fingerprint density at radius 2 is 1.90 bits per heavy atom. The monoisotopic (exact) mass is 282 g/mol. The lowest BCUT2D eigenvalue weighted by atomic mass is 9.66. The van der Waals surface area contributed by atoms with E-state index in [4.69, 9.17) is 5.11 Å². The second-order valence-corrected chi connectivity index (χ2v) is 6.61. The largest absolute Gasteiger partial charge is 0.481 e. The van der Waals surface area contributed by atoms with Gasteiger partial charge in [0, 0.05) is 20.1 Å².